The Morgan fingerprint density at radius 3 is 1.78 bits per heavy atom. The maximum Gasteiger partial charge on any atom is 0.314 e. The van der Waals surface area contributed by atoms with Crippen molar-refractivity contribution < 1.29 is 14.7 Å². The third kappa shape index (κ3) is 5.38. The molecular formula is C13H26N2O3. The van der Waals surface area contributed by atoms with E-state index in [1.807, 2.05) is 34.6 Å². The summed E-state index contributed by atoms with van der Waals surface area (Å²) in [7, 11) is 0. The number of amides is 2. The Labute approximate surface area is 109 Å². The van der Waals surface area contributed by atoms with Crippen molar-refractivity contribution in [3.63, 3.8) is 0 Å². The van der Waals surface area contributed by atoms with Crippen molar-refractivity contribution in [2.24, 2.45) is 10.8 Å². The topological polar surface area (TPSA) is 78.4 Å². The maximum absolute atomic E-state index is 11.6. The van der Waals surface area contributed by atoms with Gasteiger partial charge in [-0.25, -0.2) is 4.79 Å². The highest BCUT2D eigenvalue weighted by Gasteiger charge is 2.35. The molecular weight excluding hydrogens is 232 g/mol. The van der Waals surface area contributed by atoms with E-state index in [1.165, 1.54) is 0 Å². The first kappa shape index (κ1) is 16.7. The number of carbonyl (C=O) groups excluding carboxylic acids is 1. The minimum Gasteiger partial charge on any atom is -0.481 e. The summed E-state index contributed by atoms with van der Waals surface area (Å²) >= 11 is 0. The number of rotatable bonds is 6. The molecule has 5 nitrogen and oxygen atoms in total. The Kier molecular flexibility index (Phi) is 6.15. The molecule has 0 saturated heterocycles. The minimum atomic E-state index is -0.862. The van der Waals surface area contributed by atoms with Gasteiger partial charge in [-0.1, -0.05) is 34.6 Å². The number of urea groups is 1. The first-order valence-electron chi connectivity index (χ1n) is 6.42. The molecule has 0 saturated carbocycles. The second-order valence-corrected chi connectivity index (χ2v) is 5.89. The average Bonchev–Trinajstić information content (AvgIpc) is 2.27. The van der Waals surface area contributed by atoms with E-state index in [1.54, 1.807) is 0 Å². The van der Waals surface area contributed by atoms with Gasteiger partial charge in [0.15, 0.2) is 0 Å². The molecule has 18 heavy (non-hydrogen) atoms. The highest BCUT2D eigenvalue weighted by molar-refractivity contribution is 5.78. The van der Waals surface area contributed by atoms with E-state index in [9.17, 15) is 14.7 Å². The van der Waals surface area contributed by atoms with Gasteiger partial charge in [0.25, 0.3) is 0 Å². The van der Waals surface area contributed by atoms with Crippen molar-refractivity contribution in [3.8, 4) is 0 Å². The van der Waals surface area contributed by atoms with Gasteiger partial charge in [-0.3, -0.25) is 4.79 Å². The van der Waals surface area contributed by atoms with Crippen LogP contribution in [0, 0.1) is 10.8 Å². The fourth-order valence-corrected chi connectivity index (χ4v) is 1.54. The summed E-state index contributed by atoms with van der Waals surface area (Å²) in [4.78, 5) is 22.8. The van der Waals surface area contributed by atoms with Gasteiger partial charge in [0.05, 0.1) is 5.41 Å². The van der Waals surface area contributed by atoms with Crippen molar-refractivity contribution in [1.29, 1.82) is 0 Å². The second kappa shape index (κ2) is 6.61. The van der Waals surface area contributed by atoms with E-state index in [-0.39, 0.29) is 18.0 Å². The number of carboxylic acids is 1. The van der Waals surface area contributed by atoms with Gasteiger partial charge < -0.3 is 15.7 Å². The van der Waals surface area contributed by atoms with Crippen LogP contribution in [0.1, 0.15) is 47.5 Å². The third-order valence-electron chi connectivity index (χ3n) is 3.17. The van der Waals surface area contributed by atoms with E-state index >= 15 is 0 Å². The van der Waals surface area contributed by atoms with Gasteiger partial charge in [-0.2, -0.15) is 0 Å². The minimum absolute atomic E-state index is 0.0107. The van der Waals surface area contributed by atoms with E-state index in [0.29, 0.717) is 19.4 Å². The van der Waals surface area contributed by atoms with Gasteiger partial charge in [-0.05, 0) is 18.3 Å². The lowest BCUT2D eigenvalue weighted by Crippen LogP contribution is -2.47. The van der Waals surface area contributed by atoms with Gasteiger partial charge in [0.1, 0.15) is 0 Å². The summed E-state index contributed by atoms with van der Waals surface area (Å²) in [5.74, 6) is -0.858. The van der Waals surface area contributed by atoms with Crippen LogP contribution in [0.5, 0.6) is 0 Å². The van der Waals surface area contributed by atoms with Crippen LogP contribution in [0.15, 0.2) is 0 Å². The van der Waals surface area contributed by atoms with Crippen LogP contribution in [0.25, 0.3) is 0 Å². The first-order valence-corrected chi connectivity index (χ1v) is 6.42. The number of hydrogen-bond donors (Lipinski definition) is 3. The number of nitrogens with one attached hydrogen (secondary N) is 2. The van der Waals surface area contributed by atoms with E-state index in [4.69, 9.17) is 0 Å². The zero-order chi connectivity index (χ0) is 14.4. The maximum atomic E-state index is 11.6. The summed E-state index contributed by atoms with van der Waals surface area (Å²) in [6.45, 7) is 10.4. The van der Waals surface area contributed by atoms with E-state index in [0.717, 1.165) is 0 Å². The molecule has 0 aromatic carbocycles. The fraction of sp³-hybridized carbons (Fsp3) is 0.846. The lowest BCUT2D eigenvalue weighted by atomic mass is 9.82. The Hall–Kier alpha value is -1.26. The van der Waals surface area contributed by atoms with Gasteiger partial charge >= 0.3 is 12.0 Å². The number of carboxylic acid groups (broad SMARTS) is 1. The van der Waals surface area contributed by atoms with Crippen LogP contribution in [0.3, 0.4) is 0 Å². The number of aliphatic carboxylic acids is 1. The van der Waals surface area contributed by atoms with Gasteiger partial charge in [0, 0.05) is 13.1 Å². The predicted octanol–water partition coefficient (Wildman–Crippen LogP) is 2.22. The molecule has 0 aliphatic carbocycles. The predicted molar refractivity (Wildman–Crippen MR) is 71.5 cm³/mol. The van der Waals surface area contributed by atoms with Gasteiger partial charge in [0.2, 0.25) is 0 Å². The molecule has 0 rings (SSSR count). The smallest absolute Gasteiger partial charge is 0.314 e. The molecule has 0 aromatic heterocycles. The Morgan fingerprint density at radius 2 is 1.44 bits per heavy atom. The van der Waals surface area contributed by atoms with Crippen molar-refractivity contribution in [3.05, 3.63) is 0 Å². The van der Waals surface area contributed by atoms with Crippen molar-refractivity contribution in [2.45, 2.75) is 47.5 Å². The standard InChI is InChI=1S/C13H26N2O3/c1-6-13(7-2,10(16)17)9-15-11(18)14-8-12(3,4)5/h6-9H2,1-5H3,(H,16,17)(H2,14,15,18). The third-order valence-corrected chi connectivity index (χ3v) is 3.17. The summed E-state index contributed by atoms with van der Waals surface area (Å²) in [5.41, 5.74) is -0.851. The molecule has 0 spiro atoms. The molecule has 0 unspecified atom stereocenters. The number of hydrogen-bond acceptors (Lipinski definition) is 2. The number of carbonyl (C=O) groups is 2. The molecule has 0 heterocycles. The molecule has 106 valence electrons. The Balaban J connectivity index is 4.29. The lowest BCUT2D eigenvalue weighted by molar-refractivity contribution is -0.149. The molecule has 5 heteroatoms. The highest BCUT2D eigenvalue weighted by Crippen LogP contribution is 2.25. The molecule has 0 atom stereocenters. The zero-order valence-corrected chi connectivity index (χ0v) is 12.1. The van der Waals surface area contributed by atoms with Crippen molar-refractivity contribution in [1.82, 2.24) is 10.6 Å². The summed E-state index contributed by atoms with van der Waals surface area (Å²) in [5, 5.41) is 14.6. The first-order chi connectivity index (χ1) is 8.17. The average molecular weight is 258 g/mol. The Bertz CT molecular complexity index is 291. The SMILES string of the molecule is CCC(CC)(CNC(=O)NCC(C)(C)C)C(=O)O. The van der Waals surface area contributed by atoms with Gasteiger partial charge in [-0.15, -0.1) is 0 Å². The fourth-order valence-electron chi connectivity index (χ4n) is 1.54. The molecule has 3 N–H and O–H groups in total. The summed E-state index contributed by atoms with van der Waals surface area (Å²) < 4.78 is 0. The van der Waals surface area contributed by atoms with Crippen LogP contribution >= 0.6 is 0 Å². The molecule has 0 bridgehead atoms. The van der Waals surface area contributed by atoms with Crippen LogP contribution < -0.4 is 10.6 Å². The second-order valence-electron chi connectivity index (χ2n) is 5.89. The van der Waals surface area contributed by atoms with Crippen LogP contribution in [0.2, 0.25) is 0 Å². The Morgan fingerprint density at radius 1 is 1.00 bits per heavy atom. The van der Waals surface area contributed by atoms with Crippen LogP contribution in [-0.4, -0.2) is 30.2 Å². The van der Waals surface area contributed by atoms with E-state index in [2.05, 4.69) is 10.6 Å². The zero-order valence-electron chi connectivity index (χ0n) is 12.1. The lowest BCUT2D eigenvalue weighted by Gasteiger charge is -2.27. The monoisotopic (exact) mass is 258 g/mol. The molecule has 0 fully saturated rings. The normalized spacial score (nSPS) is 12.1. The van der Waals surface area contributed by atoms with Crippen molar-refractivity contribution in [2.75, 3.05) is 13.1 Å². The van der Waals surface area contributed by atoms with Crippen molar-refractivity contribution >= 4 is 12.0 Å². The van der Waals surface area contributed by atoms with Crippen LogP contribution in [0.4, 0.5) is 4.79 Å². The quantitative estimate of drug-likeness (QED) is 0.683. The highest BCUT2D eigenvalue weighted by atomic mass is 16.4. The molecule has 0 aliphatic rings. The largest absolute Gasteiger partial charge is 0.481 e. The summed E-state index contributed by atoms with van der Waals surface area (Å²) in [6.07, 6.45) is 0.997. The van der Waals surface area contributed by atoms with Crippen LogP contribution in [-0.2, 0) is 4.79 Å². The molecule has 2 amide bonds. The molecule has 0 aromatic rings. The molecule has 0 aliphatic heterocycles. The molecule has 0 radical (unpaired) electrons. The summed E-state index contributed by atoms with van der Waals surface area (Å²) in [6, 6.07) is -0.308. The van der Waals surface area contributed by atoms with E-state index < -0.39 is 11.4 Å².